The Morgan fingerprint density at radius 2 is 1.79 bits per heavy atom. The molecule has 0 aliphatic rings. The van der Waals surface area contributed by atoms with Gasteiger partial charge in [-0.05, 0) is 30.0 Å². The summed E-state index contributed by atoms with van der Waals surface area (Å²) >= 11 is 0. The van der Waals surface area contributed by atoms with E-state index >= 15 is 0 Å². The zero-order chi connectivity index (χ0) is 18.3. The molecule has 0 fully saturated rings. The summed E-state index contributed by atoms with van der Waals surface area (Å²) in [7, 11) is 0. The number of amides is 2. The number of rotatable bonds is 8. The van der Waals surface area contributed by atoms with E-state index in [2.05, 4.69) is 15.6 Å². The molecule has 2 amide bonds. The second-order valence-electron chi connectivity index (χ2n) is 5.72. The van der Waals surface area contributed by atoms with Crippen molar-refractivity contribution < 1.29 is 23.2 Å². The molecule has 1 rings (SSSR count). The molecular formula is C16H21F2N3O3. The third-order valence-electron chi connectivity index (χ3n) is 3.35. The molecule has 1 aromatic rings. The molecule has 24 heavy (non-hydrogen) atoms. The largest absolute Gasteiger partial charge is 0.383 e. The van der Waals surface area contributed by atoms with Crippen LogP contribution in [0.15, 0.2) is 24.5 Å². The molecule has 0 spiro atoms. The number of nitrogens with zero attached hydrogens (tertiary/aromatic N) is 1. The molecule has 1 aromatic heterocycles. The van der Waals surface area contributed by atoms with Gasteiger partial charge in [0.05, 0.1) is 6.04 Å². The van der Waals surface area contributed by atoms with Crippen molar-refractivity contribution >= 4 is 17.6 Å². The Kier molecular flexibility index (Phi) is 6.94. The molecule has 1 atom stereocenters. The summed E-state index contributed by atoms with van der Waals surface area (Å²) < 4.78 is 28.1. The highest BCUT2D eigenvalue weighted by molar-refractivity contribution is 6.10. The minimum Gasteiger partial charge on any atom is -0.350 e. The lowest BCUT2D eigenvalue weighted by Gasteiger charge is -2.24. The van der Waals surface area contributed by atoms with E-state index in [1.165, 1.54) is 13.8 Å². The Labute approximate surface area is 139 Å². The highest BCUT2D eigenvalue weighted by Crippen LogP contribution is 2.20. The zero-order valence-corrected chi connectivity index (χ0v) is 13.8. The summed E-state index contributed by atoms with van der Waals surface area (Å²) in [5.41, 5.74) is 0.818. The lowest BCUT2D eigenvalue weighted by atomic mass is 9.95. The number of ketones is 1. The van der Waals surface area contributed by atoms with Gasteiger partial charge in [0.25, 0.3) is 5.91 Å². The van der Waals surface area contributed by atoms with Crippen LogP contribution >= 0.6 is 0 Å². The third-order valence-corrected chi connectivity index (χ3v) is 3.35. The van der Waals surface area contributed by atoms with Gasteiger partial charge in [0, 0.05) is 25.9 Å². The average molecular weight is 341 g/mol. The van der Waals surface area contributed by atoms with Crippen LogP contribution < -0.4 is 10.6 Å². The molecule has 2 N–H and O–H groups in total. The first kappa shape index (κ1) is 19.7. The Morgan fingerprint density at radius 3 is 2.29 bits per heavy atom. The molecule has 1 heterocycles. The van der Waals surface area contributed by atoms with E-state index in [0.717, 1.165) is 12.5 Å². The first-order chi connectivity index (χ1) is 11.2. The highest BCUT2D eigenvalue weighted by atomic mass is 19.3. The Morgan fingerprint density at radius 1 is 1.21 bits per heavy atom. The van der Waals surface area contributed by atoms with E-state index in [-0.39, 0.29) is 6.54 Å². The van der Waals surface area contributed by atoms with Gasteiger partial charge in [-0.3, -0.25) is 19.4 Å². The van der Waals surface area contributed by atoms with E-state index < -0.39 is 35.5 Å². The number of hydrogen-bond donors (Lipinski definition) is 2. The van der Waals surface area contributed by atoms with Crippen LogP contribution in [0.2, 0.25) is 0 Å². The third kappa shape index (κ3) is 5.36. The van der Waals surface area contributed by atoms with Crippen molar-refractivity contribution in [1.29, 1.82) is 0 Å². The van der Waals surface area contributed by atoms with Gasteiger partial charge in [-0.25, -0.2) is 0 Å². The van der Waals surface area contributed by atoms with Crippen molar-refractivity contribution in [2.45, 2.75) is 39.2 Å². The van der Waals surface area contributed by atoms with Gasteiger partial charge in [0.1, 0.15) is 0 Å². The maximum atomic E-state index is 14.1. The molecule has 0 saturated carbocycles. The van der Waals surface area contributed by atoms with Crippen LogP contribution in [0, 0.1) is 5.92 Å². The fourth-order valence-corrected chi connectivity index (χ4v) is 2.04. The molecule has 0 radical (unpaired) electrons. The number of carbonyl (C=O) groups excluding carboxylic acids is 3. The standard InChI is InChI=1S/C16H21F2N3O3/c1-10(2)13(21-11(3)22)14(23)16(17,18)15(24)20-9-6-12-4-7-19-8-5-12/h4-5,7-8,10,13H,6,9H2,1-3H3,(H,20,24)(H,21,22). The molecule has 132 valence electrons. The van der Waals surface area contributed by atoms with Gasteiger partial charge in [-0.15, -0.1) is 0 Å². The minimum absolute atomic E-state index is 0.0435. The number of alkyl halides is 2. The number of carbonyl (C=O) groups is 3. The molecule has 0 bridgehead atoms. The molecule has 0 aliphatic heterocycles. The summed E-state index contributed by atoms with van der Waals surface area (Å²) in [5, 5.41) is 4.22. The fraction of sp³-hybridized carbons (Fsp3) is 0.500. The van der Waals surface area contributed by atoms with Crippen LogP contribution in [0.4, 0.5) is 8.78 Å². The number of Topliss-reactive ketones (excluding diaryl/α,β-unsaturated/α-hetero) is 1. The first-order valence-corrected chi connectivity index (χ1v) is 7.52. The first-order valence-electron chi connectivity index (χ1n) is 7.52. The van der Waals surface area contributed by atoms with E-state index in [1.807, 2.05) is 0 Å². The quantitative estimate of drug-likeness (QED) is 0.693. The molecule has 0 aliphatic carbocycles. The molecule has 8 heteroatoms. The van der Waals surface area contributed by atoms with Gasteiger partial charge >= 0.3 is 5.92 Å². The number of halogens is 2. The molecule has 0 saturated heterocycles. The maximum Gasteiger partial charge on any atom is 0.383 e. The van der Waals surface area contributed by atoms with Gasteiger partial charge in [-0.1, -0.05) is 13.8 Å². The minimum atomic E-state index is -4.21. The Hall–Kier alpha value is -2.38. The zero-order valence-electron chi connectivity index (χ0n) is 13.8. The van der Waals surface area contributed by atoms with Gasteiger partial charge in [0.15, 0.2) is 0 Å². The lowest BCUT2D eigenvalue weighted by molar-refractivity contribution is -0.161. The van der Waals surface area contributed by atoms with Gasteiger partial charge < -0.3 is 10.6 Å². The normalized spacial score (nSPS) is 12.6. The topological polar surface area (TPSA) is 88.2 Å². The molecule has 0 aromatic carbocycles. The molecular weight excluding hydrogens is 320 g/mol. The number of nitrogens with one attached hydrogen (secondary N) is 2. The van der Waals surface area contributed by atoms with Gasteiger partial charge in [-0.2, -0.15) is 8.78 Å². The average Bonchev–Trinajstić information content (AvgIpc) is 2.52. The van der Waals surface area contributed by atoms with E-state index in [1.54, 1.807) is 24.5 Å². The van der Waals surface area contributed by atoms with Crippen LogP contribution in [0.5, 0.6) is 0 Å². The smallest absolute Gasteiger partial charge is 0.350 e. The number of pyridine rings is 1. The van der Waals surface area contributed by atoms with Crippen LogP contribution in [0.3, 0.4) is 0 Å². The van der Waals surface area contributed by atoms with Crippen molar-refractivity contribution in [2.75, 3.05) is 6.54 Å². The predicted molar refractivity (Wildman–Crippen MR) is 83.3 cm³/mol. The Bertz CT molecular complexity index is 591. The van der Waals surface area contributed by atoms with Crippen molar-refractivity contribution in [3.8, 4) is 0 Å². The van der Waals surface area contributed by atoms with Crippen LogP contribution in [-0.2, 0) is 20.8 Å². The summed E-state index contributed by atoms with van der Waals surface area (Å²) in [4.78, 5) is 38.6. The van der Waals surface area contributed by atoms with E-state index in [4.69, 9.17) is 0 Å². The van der Waals surface area contributed by atoms with Crippen molar-refractivity contribution in [3.63, 3.8) is 0 Å². The van der Waals surface area contributed by atoms with Crippen molar-refractivity contribution in [3.05, 3.63) is 30.1 Å². The lowest BCUT2D eigenvalue weighted by Crippen LogP contribution is -2.56. The second kappa shape index (κ2) is 8.47. The maximum absolute atomic E-state index is 14.1. The fourth-order valence-electron chi connectivity index (χ4n) is 2.04. The van der Waals surface area contributed by atoms with Crippen molar-refractivity contribution in [2.24, 2.45) is 5.92 Å². The second-order valence-corrected chi connectivity index (χ2v) is 5.72. The number of aromatic nitrogens is 1. The van der Waals surface area contributed by atoms with Gasteiger partial charge in [0.2, 0.25) is 11.7 Å². The molecule has 6 nitrogen and oxygen atoms in total. The van der Waals surface area contributed by atoms with Crippen LogP contribution in [0.1, 0.15) is 26.3 Å². The van der Waals surface area contributed by atoms with E-state index in [0.29, 0.717) is 6.42 Å². The van der Waals surface area contributed by atoms with E-state index in [9.17, 15) is 23.2 Å². The van der Waals surface area contributed by atoms with Crippen molar-refractivity contribution in [1.82, 2.24) is 15.6 Å². The predicted octanol–water partition coefficient (Wildman–Crippen LogP) is 1.11. The highest BCUT2D eigenvalue weighted by Gasteiger charge is 2.50. The van der Waals surface area contributed by atoms with Crippen LogP contribution in [0.25, 0.3) is 0 Å². The summed E-state index contributed by atoms with van der Waals surface area (Å²) in [6.45, 7) is 4.10. The molecule has 1 unspecified atom stereocenters. The summed E-state index contributed by atoms with van der Waals surface area (Å²) in [6.07, 6.45) is 3.43. The Balaban J connectivity index is 2.68. The number of hydrogen-bond acceptors (Lipinski definition) is 4. The SMILES string of the molecule is CC(=O)NC(C(=O)C(F)(F)C(=O)NCCc1ccncc1)C(C)C. The van der Waals surface area contributed by atoms with Crippen LogP contribution in [-0.4, -0.2) is 41.1 Å². The summed E-state index contributed by atoms with van der Waals surface area (Å²) in [6, 6.07) is 1.96. The monoisotopic (exact) mass is 341 g/mol. The summed E-state index contributed by atoms with van der Waals surface area (Å²) in [5.74, 6) is -8.69.